The summed E-state index contributed by atoms with van der Waals surface area (Å²) in [5.74, 6) is -0.598. The highest BCUT2D eigenvalue weighted by molar-refractivity contribution is 7.47. The average molecular weight is 1500 g/mol. The van der Waals surface area contributed by atoms with Gasteiger partial charge in [0.25, 0.3) is 0 Å². The number of phosphoric ester groups is 2. The summed E-state index contributed by atoms with van der Waals surface area (Å²) in [7, 11) is -9.94. The van der Waals surface area contributed by atoms with Crippen molar-refractivity contribution in [3.8, 4) is 0 Å². The molecule has 0 rings (SSSR count). The SMILES string of the molecule is CCCCCC/C=C\C=C/CCCCCCCC(=O)OC[C@H](COP(=O)(O)OC[C@@H](O)COP(=O)(O)OC[C@@H](COC(=O)CCCCCCCCCCC(C)CC)OC(=O)CCCCCCCCCCCCCC(C)C)OC(=O)CCCCCCCCCCCCCCCCCCCCCCCC. The molecule has 17 nitrogen and oxygen atoms in total. The zero-order valence-corrected chi connectivity index (χ0v) is 68.9. The summed E-state index contributed by atoms with van der Waals surface area (Å²) < 4.78 is 68.8. The van der Waals surface area contributed by atoms with Crippen molar-refractivity contribution in [3.05, 3.63) is 24.3 Å². The predicted octanol–water partition coefficient (Wildman–Crippen LogP) is 25.0. The third kappa shape index (κ3) is 76.1. The molecule has 608 valence electrons. The van der Waals surface area contributed by atoms with Gasteiger partial charge < -0.3 is 33.8 Å². The van der Waals surface area contributed by atoms with Crippen molar-refractivity contribution in [2.24, 2.45) is 11.8 Å². The Morgan fingerprint density at radius 2 is 0.573 bits per heavy atom. The van der Waals surface area contributed by atoms with Gasteiger partial charge in [0.05, 0.1) is 26.4 Å². The number of carbonyl (C=O) groups excluding carboxylic acids is 4. The predicted molar refractivity (Wildman–Crippen MR) is 423 cm³/mol. The Hall–Kier alpha value is -2.46. The maximum absolute atomic E-state index is 13.1. The number of hydrogen-bond donors (Lipinski definition) is 3. The van der Waals surface area contributed by atoms with Gasteiger partial charge in [0, 0.05) is 25.7 Å². The molecule has 0 spiro atoms. The average Bonchev–Trinajstić information content (AvgIpc) is 0.908. The molecule has 0 aromatic carbocycles. The molecule has 0 heterocycles. The van der Waals surface area contributed by atoms with E-state index in [0.717, 1.165) is 121 Å². The molecule has 103 heavy (non-hydrogen) atoms. The number of carbonyl (C=O) groups is 4. The van der Waals surface area contributed by atoms with Crippen LogP contribution in [0.3, 0.4) is 0 Å². The van der Waals surface area contributed by atoms with Gasteiger partial charge in [0.2, 0.25) is 0 Å². The fourth-order valence-electron chi connectivity index (χ4n) is 12.5. The summed E-state index contributed by atoms with van der Waals surface area (Å²) in [6, 6.07) is 0. The second kappa shape index (κ2) is 75.0. The number of allylic oxidation sites excluding steroid dienone is 4. The lowest BCUT2D eigenvalue weighted by atomic mass is 9.99. The zero-order valence-electron chi connectivity index (χ0n) is 67.1. The number of phosphoric acid groups is 2. The molecule has 0 fully saturated rings. The van der Waals surface area contributed by atoms with E-state index >= 15 is 0 Å². The van der Waals surface area contributed by atoms with Gasteiger partial charge in [-0.3, -0.25) is 37.3 Å². The third-order valence-corrected chi connectivity index (χ3v) is 21.3. The first-order valence-electron chi connectivity index (χ1n) is 42.8. The standard InChI is InChI=1S/C84H160O17P2/c1-7-10-12-14-16-18-20-22-24-25-26-27-28-29-30-32-34-38-42-50-56-62-68-83(88)100-79(72-94-81(86)66-60-54-48-41-37-33-31-23-21-19-17-15-13-11-8-2)74-98-102(90,91)96-70-78(85)71-97-103(92,93)99-75-80(73-95-82(87)67-61-55-49-45-44-47-53-59-65-77(6)9-3)101-84(89)69-63-57-51-43-39-35-36-40-46-52-58-64-76(4)5/h19,21,23,31,76-80,85H,7-18,20,22,24-30,32-75H2,1-6H3,(H,90,91)(H,92,93)/b21-19-,31-23-/t77?,78-,79-,80-/m1/s1. The Balaban J connectivity index is 5.26. The molecule has 0 radical (unpaired) electrons. The van der Waals surface area contributed by atoms with Crippen LogP contribution in [0.4, 0.5) is 0 Å². The van der Waals surface area contributed by atoms with Crippen molar-refractivity contribution in [1.82, 2.24) is 0 Å². The summed E-state index contributed by atoms with van der Waals surface area (Å²) in [6.45, 7) is 9.58. The topological polar surface area (TPSA) is 237 Å². The molecule has 3 unspecified atom stereocenters. The fourth-order valence-corrected chi connectivity index (χ4v) is 14.1. The highest BCUT2D eigenvalue weighted by Gasteiger charge is 2.30. The Bertz CT molecular complexity index is 2070. The van der Waals surface area contributed by atoms with Crippen LogP contribution in [0.5, 0.6) is 0 Å². The second-order valence-corrected chi connectivity index (χ2v) is 33.2. The van der Waals surface area contributed by atoms with E-state index in [2.05, 4.69) is 65.8 Å². The van der Waals surface area contributed by atoms with Gasteiger partial charge >= 0.3 is 39.5 Å². The van der Waals surface area contributed by atoms with Gasteiger partial charge in [-0.1, -0.05) is 368 Å². The Kier molecular flexibility index (Phi) is 73.2. The Labute approximate surface area is 631 Å². The van der Waals surface area contributed by atoms with Crippen LogP contribution in [0.15, 0.2) is 24.3 Å². The van der Waals surface area contributed by atoms with E-state index in [9.17, 15) is 43.2 Å². The summed E-state index contributed by atoms with van der Waals surface area (Å²) >= 11 is 0. The molecule has 3 N–H and O–H groups in total. The van der Waals surface area contributed by atoms with Crippen molar-refractivity contribution in [3.63, 3.8) is 0 Å². The van der Waals surface area contributed by atoms with Gasteiger partial charge in [-0.15, -0.1) is 0 Å². The number of esters is 4. The number of aliphatic hydroxyl groups excluding tert-OH is 1. The molecule has 0 aliphatic heterocycles. The highest BCUT2D eigenvalue weighted by Crippen LogP contribution is 2.45. The van der Waals surface area contributed by atoms with Crippen LogP contribution in [0, 0.1) is 11.8 Å². The third-order valence-electron chi connectivity index (χ3n) is 19.4. The quantitative estimate of drug-likeness (QED) is 0.0169. The molecule has 0 saturated heterocycles. The molecule has 0 bridgehead atoms. The summed E-state index contributed by atoms with van der Waals surface area (Å²) in [4.78, 5) is 73.1. The maximum atomic E-state index is 13.1. The Morgan fingerprint density at radius 1 is 0.320 bits per heavy atom. The smallest absolute Gasteiger partial charge is 0.462 e. The van der Waals surface area contributed by atoms with E-state index in [-0.39, 0.29) is 25.7 Å². The van der Waals surface area contributed by atoms with Crippen LogP contribution in [0.25, 0.3) is 0 Å². The van der Waals surface area contributed by atoms with E-state index < -0.39 is 97.5 Å². The number of hydrogen-bond acceptors (Lipinski definition) is 15. The molecule has 0 aliphatic carbocycles. The minimum absolute atomic E-state index is 0.102. The monoisotopic (exact) mass is 1500 g/mol. The lowest BCUT2D eigenvalue weighted by Gasteiger charge is -2.21. The molecule has 0 aromatic heterocycles. The van der Waals surface area contributed by atoms with Crippen LogP contribution in [-0.2, 0) is 65.4 Å². The maximum Gasteiger partial charge on any atom is 0.472 e. The number of ether oxygens (including phenoxy) is 4. The molecule has 0 aliphatic rings. The minimum atomic E-state index is -4.97. The van der Waals surface area contributed by atoms with E-state index in [1.54, 1.807) is 0 Å². The van der Waals surface area contributed by atoms with E-state index in [4.69, 9.17) is 37.0 Å². The minimum Gasteiger partial charge on any atom is -0.462 e. The molecular weight excluding hydrogens is 1340 g/mol. The van der Waals surface area contributed by atoms with Crippen LogP contribution in [0.1, 0.15) is 420 Å². The molecule has 6 atom stereocenters. The van der Waals surface area contributed by atoms with Crippen molar-refractivity contribution in [1.29, 1.82) is 0 Å². The van der Waals surface area contributed by atoms with Crippen LogP contribution >= 0.6 is 15.6 Å². The van der Waals surface area contributed by atoms with Crippen LogP contribution in [0.2, 0.25) is 0 Å². The molecule has 0 saturated carbocycles. The summed E-state index contributed by atoms with van der Waals surface area (Å²) in [5, 5.41) is 10.7. The summed E-state index contributed by atoms with van der Waals surface area (Å²) in [5.41, 5.74) is 0. The number of unbranched alkanes of at least 4 members (excludes halogenated alkanes) is 47. The first kappa shape index (κ1) is 101. The van der Waals surface area contributed by atoms with Crippen molar-refractivity contribution in [2.45, 2.75) is 439 Å². The highest BCUT2D eigenvalue weighted by atomic mass is 31.2. The van der Waals surface area contributed by atoms with Gasteiger partial charge in [-0.2, -0.15) is 0 Å². The van der Waals surface area contributed by atoms with Crippen molar-refractivity contribution in [2.75, 3.05) is 39.6 Å². The first-order valence-corrected chi connectivity index (χ1v) is 45.8. The zero-order chi connectivity index (χ0) is 75.6. The van der Waals surface area contributed by atoms with Gasteiger partial charge in [0.15, 0.2) is 12.2 Å². The van der Waals surface area contributed by atoms with Crippen molar-refractivity contribution >= 4 is 39.5 Å². The normalized spacial score (nSPS) is 14.3. The fraction of sp³-hybridized carbons (Fsp3) is 0.905. The largest absolute Gasteiger partial charge is 0.472 e. The number of aliphatic hydroxyl groups is 1. The molecule has 0 aromatic rings. The Morgan fingerprint density at radius 3 is 0.874 bits per heavy atom. The first-order chi connectivity index (χ1) is 49.9. The van der Waals surface area contributed by atoms with Gasteiger partial charge in [-0.25, -0.2) is 9.13 Å². The van der Waals surface area contributed by atoms with E-state index in [1.807, 2.05) is 0 Å². The number of rotatable bonds is 81. The van der Waals surface area contributed by atoms with E-state index in [1.165, 1.54) is 218 Å². The van der Waals surface area contributed by atoms with Gasteiger partial charge in [0.1, 0.15) is 19.3 Å². The molecular formula is C84H160O17P2. The van der Waals surface area contributed by atoms with Crippen molar-refractivity contribution < 1.29 is 80.2 Å². The summed E-state index contributed by atoms with van der Waals surface area (Å²) in [6.07, 6.45) is 68.9. The van der Waals surface area contributed by atoms with Gasteiger partial charge in [-0.05, 0) is 63.2 Å². The van der Waals surface area contributed by atoms with Crippen LogP contribution < -0.4 is 0 Å². The molecule has 0 amide bonds. The lowest BCUT2D eigenvalue weighted by Crippen LogP contribution is -2.30. The molecule has 19 heteroatoms. The van der Waals surface area contributed by atoms with E-state index in [0.29, 0.717) is 25.7 Å². The van der Waals surface area contributed by atoms with Crippen LogP contribution in [-0.4, -0.2) is 96.7 Å². The lowest BCUT2D eigenvalue weighted by molar-refractivity contribution is -0.161. The second-order valence-electron chi connectivity index (χ2n) is 30.3.